The summed E-state index contributed by atoms with van der Waals surface area (Å²) in [5.41, 5.74) is 7.61. The van der Waals surface area contributed by atoms with Crippen LogP contribution in [0.4, 0.5) is 11.5 Å². The lowest BCUT2D eigenvalue weighted by molar-refractivity contribution is 0.102. The third kappa shape index (κ3) is 3.80. The van der Waals surface area contributed by atoms with Crippen LogP contribution in [0.3, 0.4) is 0 Å². The van der Waals surface area contributed by atoms with Crippen LogP contribution in [-0.2, 0) is 6.42 Å². The standard InChI is InChI=1S/C15H17N3O2/c16-14-8-2-7-13(18-14)15(20)17-12-6-1-4-11(10-12)5-3-9-19/h1-2,4,6-8,10,19H,3,5,9H2,(H2,16,18)(H,17,20). The maximum Gasteiger partial charge on any atom is 0.274 e. The average molecular weight is 271 g/mol. The van der Waals surface area contributed by atoms with Crippen molar-refractivity contribution in [2.75, 3.05) is 17.7 Å². The van der Waals surface area contributed by atoms with Gasteiger partial charge in [-0.25, -0.2) is 4.98 Å². The molecular formula is C15H17N3O2. The van der Waals surface area contributed by atoms with E-state index in [1.54, 1.807) is 18.2 Å². The highest BCUT2D eigenvalue weighted by Crippen LogP contribution is 2.13. The smallest absolute Gasteiger partial charge is 0.274 e. The quantitative estimate of drug-likeness (QED) is 0.774. The van der Waals surface area contributed by atoms with Crippen LogP contribution in [-0.4, -0.2) is 22.6 Å². The summed E-state index contributed by atoms with van der Waals surface area (Å²) in [5.74, 6) is 0.0194. The van der Waals surface area contributed by atoms with Crippen LogP contribution in [0, 0.1) is 0 Å². The maximum atomic E-state index is 12.0. The highest BCUT2D eigenvalue weighted by atomic mass is 16.2. The molecule has 1 aromatic heterocycles. The Morgan fingerprint density at radius 3 is 2.80 bits per heavy atom. The van der Waals surface area contributed by atoms with Gasteiger partial charge in [0, 0.05) is 12.3 Å². The fourth-order valence-electron chi connectivity index (χ4n) is 1.86. The van der Waals surface area contributed by atoms with Gasteiger partial charge in [-0.3, -0.25) is 4.79 Å². The Bertz CT molecular complexity index is 599. The normalized spacial score (nSPS) is 10.2. The number of pyridine rings is 1. The molecule has 2 aromatic rings. The van der Waals surface area contributed by atoms with E-state index in [4.69, 9.17) is 10.8 Å². The number of nitrogen functional groups attached to an aromatic ring is 1. The van der Waals surface area contributed by atoms with E-state index in [1.807, 2.05) is 24.3 Å². The van der Waals surface area contributed by atoms with Gasteiger partial charge >= 0.3 is 0 Å². The molecule has 0 fully saturated rings. The molecule has 2 rings (SSSR count). The number of nitrogens with two attached hydrogens (primary N) is 1. The fourth-order valence-corrected chi connectivity index (χ4v) is 1.86. The van der Waals surface area contributed by atoms with Crippen LogP contribution in [0.5, 0.6) is 0 Å². The Balaban J connectivity index is 2.07. The van der Waals surface area contributed by atoms with Gasteiger partial charge < -0.3 is 16.2 Å². The Morgan fingerprint density at radius 2 is 2.05 bits per heavy atom. The minimum absolute atomic E-state index is 0.157. The predicted octanol–water partition coefficient (Wildman–Crippen LogP) is 1.84. The predicted molar refractivity (Wildman–Crippen MR) is 78.5 cm³/mol. The number of carbonyl (C=O) groups excluding carboxylic acids is 1. The summed E-state index contributed by atoms with van der Waals surface area (Å²) in [6.45, 7) is 0.157. The third-order valence-electron chi connectivity index (χ3n) is 2.81. The van der Waals surface area contributed by atoms with Crippen molar-refractivity contribution in [1.29, 1.82) is 0 Å². The molecule has 0 unspecified atom stereocenters. The molecule has 0 bridgehead atoms. The van der Waals surface area contributed by atoms with Crippen LogP contribution in [0.1, 0.15) is 22.5 Å². The van der Waals surface area contributed by atoms with Crippen molar-refractivity contribution in [3.8, 4) is 0 Å². The van der Waals surface area contributed by atoms with E-state index in [0.717, 1.165) is 12.0 Å². The molecular weight excluding hydrogens is 254 g/mol. The van der Waals surface area contributed by atoms with E-state index in [2.05, 4.69) is 10.3 Å². The number of aryl methyl sites for hydroxylation is 1. The van der Waals surface area contributed by atoms with E-state index >= 15 is 0 Å². The molecule has 0 saturated heterocycles. The van der Waals surface area contributed by atoms with Crippen molar-refractivity contribution in [2.45, 2.75) is 12.8 Å². The van der Waals surface area contributed by atoms with E-state index < -0.39 is 0 Å². The SMILES string of the molecule is Nc1cccc(C(=O)Nc2cccc(CCCO)c2)n1. The van der Waals surface area contributed by atoms with Crippen molar-refractivity contribution in [3.63, 3.8) is 0 Å². The molecule has 0 saturated carbocycles. The van der Waals surface area contributed by atoms with Gasteiger partial charge in [0.25, 0.3) is 5.91 Å². The topological polar surface area (TPSA) is 88.2 Å². The summed E-state index contributed by atoms with van der Waals surface area (Å²) in [4.78, 5) is 16.0. The zero-order chi connectivity index (χ0) is 14.4. The number of rotatable bonds is 5. The van der Waals surface area contributed by atoms with Gasteiger partial charge in [0.05, 0.1) is 0 Å². The third-order valence-corrected chi connectivity index (χ3v) is 2.81. The number of amides is 1. The molecule has 5 nitrogen and oxygen atoms in total. The van der Waals surface area contributed by atoms with Crippen LogP contribution >= 0.6 is 0 Å². The summed E-state index contributed by atoms with van der Waals surface area (Å²) in [5, 5.41) is 11.6. The molecule has 0 aliphatic carbocycles. The van der Waals surface area contributed by atoms with Gasteiger partial charge in [0.15, 0.2) is 0 Å². The number of aromatic nitrogens is 1. The molecule has 0 radical (unpaired) electrons. The second-order valence-corrected chi connectivity index (χ2v) is 4.43. The van der Waals surface area contributed by atoms with Crippen LogP contribution < -0.4 is 11.1 Å². The number of benzene rings is 1. The van der Waals surface area contributed by atoms with Crippen molar-refractivity contribution in [2.24, 2.45) is 0 Å². The first-order chi connectivity index (χ1) is 9.69. The van der Waals surface area contributed by atoms with Crippen molar-refractivity contribution in [1.82, 2.24) is 4.98 Å². The molecule has 0 aliphatic heterocycles. The molecule has 104 valence electrons. The van der Waals surface area contributed by atoms with E-state index in [0.29, 0.717) is 17.9 Å². The average Bonchev–Trinajstić information content (AvgIpc) is 2.45. The molecule has 5 heteroatoms. The molecule has 0 aliphatic rings. The number of aliphatic hydroxyl groups excluding tert-OH is 1. The summed E-state index contributed by atoms with van der Waals surface area (Å²) in [7, 11) is 0. The molecule has 0 spiro atoms. The number of carbonyl (C=O) groups is 1. The summed E-state index contributed by atoms with van der Waals surface area (Å²) in [6.07, 6.45) is 1.48. The second kappa shape index (κ2) is 6.68. The Kier molecular flexibility index (Phi) is 4.68. The number of hydrogen-bond donors (Lipinski definition) is 3. The lowest BCUT2D eigenvalue weighted by atomic mass is 10.1. The second-order valence-electron chi connectivity index (χ2n) is 4.43. The van der Waals surface area contributed by atoms with Crippen LogP contribution in [0.15, 0.2) is 42.5 Å². The van der Waals surface area contributed by atoms with E-state index in [-0.39, 0.29) is 18.2 Å². The first-order valence-corrected chi connectivity index (χ1v) is 6.43. The van der Waals surface area contributed by atoms with Gasteiger partial charge in [-0.05, 0) is 42.7 Å². The minimum Gasteiger partial charge on any atom is -0.396 e. The Labute approximate surface area is 117 Å². The van der Waals surface area contributed by atoms with Crippen molar-refractivity contribution < 1.29 is 9.90 Å². The van der Waals surface area contributed by atoms with Crippen LogP contribution in [0.25, 0.3) is 0 Å². The summed E-state index contributed by atoms with van der Waals surface area (Å²) in [6, 6.07) is 12.5. The lowest BCUT2D eigenvalue weighted by Crippen LogP contribution is -2.14. The largest absolute Gasteiger partial charge is 0.396 e. The number of aliphatic hydroxyl groups is 1. The van der Waals surface area contributed by atoms with Crippen molar-refractivity contribution in [3.05, 3.63) is 53.7 Å². The summed E-state index contributed by atoms with van der Waals surface area (Å²) < 4.78 is 0. The van der Waals surface area contributed by atoms with Gasteiger partial charge in [-0.15, -0.1) is 0 Å². The molecule has 1 aromatic carbocycles. The first-order valence-electron chi connectivity index (χ1n) is 6.43. The van der Waals surface area contributed by atoms with Gasteiger partial charge in [-0.1, -0.05) is 18.2 Å². The molecule has 0 atom stereocenters. The highest BCUT2D eigenvalue weighted by molar-refractivity contribution is 6.03. The Morgan fingerprint density at radius 1 is 1.25 bits per heavy atom. The zero-order valence-electron chi connectivity index (χ0n) is 11.0. The monoisotopic (exact) mass is 271 g/mol. The van der Waals surface area contributed by atoms with E-state index in [9.17, 15) is 4.79 Å². The molecule has 20 heavy (non-hydrogen) atoms. The van der Waals surface area contributed by atoms with Gasteiger partial charge in [-0.2, -0.15) is 0 Å². The molecule has 1 heterocycles. The van der Waals surface area contributed by atoms with Crippen LogP contribution in [0.2, 0.25) is 0 Å². The van der Waals surface area contributed by atoms with Crippen molar-refractivity contribution >= 4 is 17.4 Å². The number of nitrogens with one attached hydrogen (secondary N) is 1. The van der Waals surface area contributed by atoms with E-state index in [1.165, 1.54) is 0 Å². The molecule has 4 N–H and O–H groups in total. The number of nitrogens with zero attached hydrogens (tertiary/aromatic N) is 1. The molecule has 1 amide bonds. The number of anilines is 2. The zero-order valence-corrected chi connectivity index (χ0v) is 11.0. The maximum absolute atomic E-state index is 12.0. The Hall–Kier alpha value is -2.40. The highest BCUT2D eigenvalue weighted by Gasteiger charge is 2.08. The first kappa shape index (κ1) is 14.0. The van der Waals surface area contributed by atoms with Gasteiger partial charge in [0.2, 0.25) is 0 Å². The lowest BCUT2D eigenvalue weighted by Gasteiger charge is -2.07. The summed E-state index contributed by atoms with van der Waals surface area (Å²) >= 11 is 0. The fraction of sp³-hybridized carbons (Fsp3) is 0.200. The minimum atomic E-state index is -0.295. The van der Waals surface area contributed by atoms with Gasteiger partial charge in [0.1, 0.15) is 11.5 Å². The number of hydrogen-bond acceptors (Lipinski definition) is 4.